The number of aromatic nitrogens is 1. The Hall–Kier alpha value is -2.83. The molecule has 2 aromatic rings. The van der Waals surface area contributed by atoms with Crippen molar-refractivity contribution in [3.8, 4) is 5.75 Å². The van der Waals surface area contributed by atoms with Crippen molar-refractivity contribution in [1.82, 2.24) is 15.4 Å². The highest BCUT2D eigenvalue weighted by Gasteiger charge is 2.16. The van der Waals surface area contributed by atoms with Crippen molar-refractivity contribution in [2.45, 2.75) is 52.6 Å². The van der Waals surface area contributed by atoms with Crippen molar-refractivity contribution in [2.75, 3.05) is 19.6 Å². The first-order valence-corrected chi connectivity index (χ1v) is 10.2. The minimum Gasteiger partial charge on any atom is -0.489 e. The minimum absolute atomic E-state index is 0.115. The molecular formula is C22H29N3O4. The highest BCUT2D eigenvalue weighted by Crippen LogP contribution is 2.18. The lowest BCUT2D eigenvalue weighted by molar-refractivity contribution is -0.131. The molecule has 1 N–H and O–H groups in total. The molecule has 0 unspecified atom stereocenters. The highest BCUT2D eigenvalue weighted by molar-refractivity contribution is 5.94. The van der Waals surface area contributed by atoms with E-state index < -0.39 is 0 Å². The van der Waals surface area contributed by atoms with Crippen molar-refractivity contribution < 1.29 is 18.8 Å². The van der Waals surface area contributed by atoms with E-state index >= 15 is 0 Å². The Morgan fingerprint density at radius 1 is 1.17 bits per heavy atom. The Labute approximate surface area is 171 Å². The fourth-order valence-electron chi connectivity index (χ4n) is 3.45. The van der Waals surface area contributed by atoms with Crippen molar-refractivity contribution in [1.29, 1.82) is 0 Å². The summed E-state index contributed by atoms with van der Waals surface area (Å²) in [6.45, 7) is 6.03. The van der Waals surface area contributed by atoms with Gasteiger partial charge in [-0.1, -0.05) is 24.1 Å². The number of aryl methyl sites for hydroxylation is 2. The van der Waals surface area contributed by atoms with E-state index in [9.17, 15) is 9.59 Å². The molecule has 0 aliphatic carbocycles. The lowest BCUT2D eigenvalue weighted by Crippen LogP contribution is -2.35. The van der Waals surface area contributed by atoms with Crippen LogP contribution in [-0.2, 0) is 11.4 Å². The fourth-order valence-corrected chi connectivity index (χ4v) is 3.45. The number of amides is 2. The average Bonchev–Trinajstić information content (AvgIpc) is 2.92. The summed E-state index contributed by atoms with van der Waals surface area (Å²) in [4.78, 5) is 26.7. The van der Waals surface area contributed by atoms with E-state index in [2.05, 4.69) is 10.5 Å². The number of rotatable bonds is 7. The molecule has 29 heavy (non-hydrogen) atoms. The fraction of sp³-hybridized carbons (Fsp3) is 0.500. The molecule has 1 fully saturated rings. The second-order valence-electron chi connectivity index (χ2n) is 7.42. The van der Waals surface area contributed by atoms with Crippen LogP contribution in [0, 0.1) is 13.8 Å². The molecule has 156 valence electrons. The Kier molecular flexibility index (Phi) is 7.27. The van der Waals surface area contributed by atoms with E-state index in [-0.39, 0.29) is 11.8 Å². The third-order valence-corrected chi connectivity index (χ3v) is 5.24. The zero-order valence-electron chi connectivity index (χ0n) is 17.2. The third-order valence-electron chi connectivity index (χ3n) is 5.24. The van der Waals surface area contributed by atoms with Crippen molar-refractivity contribution in [2.24, 2.45) is 0 Å². The van der Waals surface area contributed by atoms with E-state index in [0.717, 1.165) is 42.9 Å². The quantitative estimate of drug-likeness (QED) is 0.771. The van der Waals surface area contributed by atoms with Crippen molar-refractivity contribution >= 4 is 11.8 Å². The van der Waals surface area contributed by atoms with Crippen LogP contribution >= 0.6 is 0 Å². The SMILES string of the molecule is Cc1noc(C)c1COc1cccc(C(=O)NCCC(=O)N2CCCCCC2)c1. The van der Waals surface area contributed by atoms with Crippen LogP contribution in [0.1, 0.15) is 59.5 Å². The van der Waals surface area contributed by atoms with Gasteiger partial charge < -0.3 is 19.5 Å². The summed E-state index contributed by atoms with van der Waals surface area (Å²) in [7, 11) is 0. The van der Waals surface area contributed by atoms with Crippen LogP contribution in [0.2, 0.25) is 0 Å². The molecule has 2 heterocycles. The van der Waals surface area contributed by atoms with Gasteiger partial charge in [0, 0.05) is 31.6 Å². The van der Waals surface area contributed by atoms with Gasteiger partial charge in [-0.15, -0.1) is 0 Å². The molecule has 1 aromatic carbocycles. The van der Waals surface area contributed by atoms with Crippen LogP contribution in [-0.4, -0.2) is 41.5 Å². The summed E-state index contributed by atoms with van der Waals surface area (Å²) in [5.41, 5.74) is 2.21. The smallest absolute Gasteiger partial charge is 0.251 e. The number of nitrogens with zero attached hydrogens (tertiary/aromatic N) is 2. The van der Waals surface area contributed by atoms with E-state index in [1.54, 1.807) is 24.3 Å². The Morgan fingerprint density at radius 2 is 1.93 bits per heavy atom. The molecule has 0 bridgehead atoms. The zero-order valence-corrected chi connectivity index (χ0v) is 17.2. The molecule has 1 aromatic heterocycles. The van der Waals surface area contributed by atoms with Crippen molar-refractivity contribution in [3.05, 3.63) is 46.8 Å². The average molecular weight is 399 g/mol. The molecule has 0 saturated carbocycles. The highest BCUT2D eigenvalue weighted by atomic mass is 16.5. The first-order valence-electron chi connectivity index (χ1n) is 10.2. The van der Waals surface area contributed by atoms with Gasteiger partial charge in [0.1, 0.15) is 18.1 Å². The standard InChI is InChI=1S/C22H29N3O4/c1-16-20(17(2)29-24-16)15-28-19-9-7-8-18(14-19)22(27)23-11-10-21(26)25-12-5-3-4-6-13-25/h7-9,14H,3-6,10-13,15H2,1-2H3,(H,23,27). The largest absolute Gasteiger partial charge is 0.489 e. The summed E-state index contributed by atoms with van der Waals surface area (Å²) in [6, 6.07) is 7.01. The lowest BCUT2D eigenvalue weighted by Gasteiger charge is -2.20. The first kappa shape index (κ1) is 20.9. The zero-order chi connectivity index (χ0) is 20.6. The van der Waals surface area contributed by atoms with Gasteiger partial charge in [0.25, 0.3) is 5.91 Å². The molecule has 7 nitrogen and oxygen atoms in total. The summed E-state index contributed by atoms with van der Waals surface area (Å²) >= 11 is 0. The maximum atomic E-state index is 12.4. The van der Waals surface area contributed by atoms with Crippen LogP contribution in [0.3, 0.4) is 0 Å². The van der Waals surface area contributed by atoms with Gasteiger partial charge in [-0.25, -0.2) is 0 Å². The van der Waals surface area contributed by atoms with Crippen molar-refractivity contribution in [3.63, 3.8) is 0 Å². The van der Waals surface area contributed by atoms with Crippen LogP contribution in [0.25, 0.3) is 0 Å². The number of carbonyl (C=O) groups is 2. The number of benzene rings is 1. The third kappa shape index (κ3) is 5.82. The molecule has 3 rings (SSSR count). The summed E-state index contributed by atoms with van der Waals surface area (Å²) in [6.07, 6.45) is 4.84. The summed E-state index contributed by atoms with van der Waals surface area (Å²) < 4.78 is 10.9. The normalized spacial score (nSPS) is 14.3. The summed E-state index contributed by atoms with van der Waals surface area (Å²) in [5, 5.41) is 6.74. The second kappa shape index (κ2) is 10.1. The molecule has 0 radical (unpaired) electrons. The molecular weight excluding hydrogens is 370 g/mol. The van der Waals surface area contributed by atoms with Crippen LogP contribution in [0.15, 0.2) is 28.8 Å². The molecule has 7 heteroatoms. The molecule has 2 amide bonds. The van der Waals surface area contributed by atoms with Gasteiger partial charge >= 0.3 is 0 Å². The molecule has 1 aliphatic rings. The molecule has 1 saturated heterocycles. The van der Waals surface area contributed by atoms with Gasteiger partial charge in [-0.05, 0) is 44.9 Å². The van der Waals surface area contributed by atoms with Gasteiger partial charge in [0.05, 0.1) is 11.3 Å². The Bertz CT molecular complexity index is 819. The van der Waals surface area contributed by atoms with Gasteiger partial charge in [-0.3, -0.25) is 9.59 Å². The molecule has 0 atom stereocenters. The van der Waals surface area contributed by atoms with E-state index in [1.165, 1.54) is 12.8 Å². The number of nitrogens with one attached hydrogen (secondary N) is 1. The maximum Gasteiger partial charge on any atom is 0.251 e. The topological polar surface area (TPSA) is 84.7 Å². The Morgan fingerprint density at radius 3 is 2.62 bits per heavy atom. The van der Waals surface area contributed by atoms with E-state index in [1.807, 2.05) is 18.7 Å². The predicted molar refractivity (Wildman–Crippen MR) is 109 cm³/mol. The minimum atomic E-state index is -0.212. The second-order valence-corrected chi connectivity index (χ2v) is 7.42. The molecule has 1 aliphatic heterocycles. The first-order chi connectivity index (χ1) is 14.0. The number of carbonyl (C=O) groups excluding carboxylic acids is 2. The van der Waals surface area contributed by atoms with Crippen LogP contribution in [0.5, 0.6) is 5.75 Å². The monoisotopic (exact) mass is 399 g/mol. The van der Waals surface area contributed by atoms with Crippen LogP contribution < -0.4 is 10.1 Å². The number of likely N-dealkylation sites (tertiary alicyclic amines) is 1. The van der Waals surface area contributed by atoms with Gasteiger partial charge in [-0.2, -0.15) is 0 Å². The van der Waals surface area contributed by atoms with E-state index in [0.29, 0.717) is 30.9 Å². The molecule has 0 spiro atoms. The van der Waals surface area contributed by atoms with Gasteiger partial charge in [0.2, 0.25) is 5.91 Å². The maximum absolute atomic E-state index is 12.4. The predicted octanol–water partition coefficient (Wildman–Crippen LogP) is 3.39. The Balaban J connectivity index is 1.48. The lowest BCUT2D eigenvalue weighted by atomic mass is 10.2. The number of ether oxygens (including phenoxy) is 1. The number of hydrogen-bond donors (Lipinski definition) is 1. The van der Waals surface area contributed by atoms with E-state index in [4.69, 9.17) is 9.26 Å². The number of hydrogen-bond acceptors (Lipinski definition) is 5. The van der Waals surface area contributed by atoms with Gasteiger partial charge in [0.15, 0.2) is 0 Å². The summed E-state index contributed by atoms with van der Waals surface area (Å²) in [5.74, 6) is 1.23. The van der Waals surface area contributed by atoms with Crippen LogP contribution in [0.4, 0.5) is 0 Å².